The van der Waals surface area contributed by atoms with Crippen molar-refractivity contribution in [3.05, 3.63) is 24.4 Å². The van der Waals surface area contributed by atoms with Crippen LogP contribution >= 0.6 is 0 Å². The van der Waals surface area contributed by atoms with Crippen molar-refractivity contribution in [2.45, 2.75) is 25.3 Å². The zero-order valence-corrected chi connectivity index (χ0v) is 13.1. The molecule has 23 heavy (non-hydrogen) atoms. The number of nitrogens with zero attached hydrogens (tertiary/aromatic N) is 3. The number of carbonyl (C=O) groups excluding carboxylic acids is 2. The van der Waals surface area contributed by atoms with E-state index in [1.165, 1.54) is 5.01 Å². The number of nitrogens with one attached hydrogen (secondary N) is 1. The van der Waals surface area contributed by atoms with Crippen molar-refractivity contribution in [2.24, 2.45) is 5.10 Å². The number of hydrogen-bond acceptors (Lipinski definition) is 6. The maximum Gasteiger partial charge on any atom is 0.273 e. The summed E-state index contributed by atoms with van der Waals surface area (Å²) in [7, 11) is -3.13. The van der Waals surface area contributed by atoms with E-state index in [1.54, 1.807) is 24.4 Å². The van der Waals surface area contributed by atoms with Crippen LogP contribution in [0.25, 0.3) is 0 Å². The number of amides is 2. The lowest BCUT2D eigenvalue weighted by Crippen LogP contribution is -2.42. The SMILES string of the molecule is O=C(Nc1ccccn1)C1=NN([C@H]2CCS(=O)(=O)C2)C(=O)CC1. The molecule has 0 bridgehead atoms. The first-order valence-corrected chi connectivity index (χ1v) is 9.09. The maximum absolute atomic E-state index is 12.2. The average Bonchev–Trinajstić information content (AvgIpc) is 2.88. The second-order valence-electron chi connectivity index (χ2n) is 5.51. The van der Waals surface area contributed by atoms with Gasteiger partial charge in [0.15, 0.2) is 9.84 Å². The summed E-state index contributed by atoms with van der Waals surface area (Å²) in [6.07, 6.45) is 2.28. The molecule has 0 spiro atoms. The van der Waals surface area contributed by atoms with Crippen molar-refractivity contribution in [1.82, 2.24) is 9.99 Å². The van der Waals surface area contributed by atoms with Crippen LogP contribution < -0.4 is 5.32 Å². The highest BCUT2D eigenvalue weighted by Gasteiger charge is 2.37. The molecule has 8 nitrogen and oxygen atoms in total. The van der Waals surface area contributed by atoms with E-state index in [2.05, 4.69) is 15.4 Å². The van der Waals surface area contributed by atoms with Gasteiger partial charge in [-0.3, -0.25) is 9.59 Å². The third-order valence-electron chi connectivity index (χ3n) is 3.78. The van der Waals surface area contributed by atoms with Crippen molar-refractivity contribution in [3.63, 3.8) is 0 Å². The lowest BCUT2D eigenvalue weighted by Gasteiger charge is -2.27. The van der Waals surface area contributed by atoms with Gasteiger partial charge in [-0.2, -0.15) is 5.10 Å². The lowest BCUT2D eigenvalue weighted by atomic mass is 10.1. The average molecular weight is 336 g/mol. The number of sulfone groups is 1. The second kappa shape index (κ2) is 6.07. The molecule has 1 atom stereocenters. The van der Waals surface area contributed by atoms with Crippen molar-refractivity contribution in [2.75, 3.05) is 16.8 Å². The summed E-state index contributed by atoms with van der Waals surface area (Å²) in [5.41, 5.74) is 0.208. The predicted molar refractivity (Wildman–Crippen MR) is 83.4 cm³/mol. The van der Waals surface area contributed by atoms with Crippen LogP contribution in [0.2, 0.25) is 0 Å². The summed E-state index contributed by atoms with van der Waals surface area (Å²) < 4.78 is 23.1. The number of anilines is 1. The van der Waals surface area contributed by atoms with Crippen molar-refractivity contribution >= 4 is 33.2 Å². The number of pyridine rings is 1. The summed E-state index contributed by atoms with van der Waals surface area (Å²) in [6, 6.07) is 4.64. The van der Waals surface area contributed by atoms with E-state index in [4.69, 9.17) is 0 Å². The van der Waals surface area contributed by atoms with Crippen molar-refractivity contribution < 1.29 is 18.0 Å². The molecular weight excluding hydrogens is 320 g/mol. The maximum atomic E-state index is 12.2. The van der Waals surface area contributed by atoms with Gasteiger partial charge in [0.2, 0.25) is 5.91 Å². The van der Waals surface area contributed by atoms with Crippen LogP contribution in [-0.2, 0) is 19.4 Å². The summed E-state index contributed by atoms with van der Waals surface area (Å²) in [4.78, 5) is 28.2. The van der Waals surface area contributed by atoms with Gasteiger partial charge in [0.1, 0.15) is 11.5 Å². The first kappa shape index (κ1) is 15.6. The van der Waals surface area contributed by atoms with Crippen LogP contribution in [0.4, 0.5) is 5.82 Å². The molecule has 2 aliphatic rings. The zero-order chi connectivity index (χ0) is 16.4. The normalized spacial score (nSPS) is 23.5. The van der Waals surface area contributed by atoms with Gasteiger partial charge in [-0.05, 0) is 18.6 Å². The van der Waals surface area contributed by atoms with Gasteiger partial charge in [-0.25, -0.2) is 18.4 Å². The largest absolute Gasteiger partial charge is 0.305 e. The van der Waals surface area contributed by atoms with Gasteiger partial charge in [0, 0.05) is 19.0 Å². The van der Waals surface area contributed by atoms with Crippen LogP contribution in [0.1, 0.15) is 19.3 Å². The Morgan fingerprint density at radius 3 is 2.78 bits per heavy atom. The third kappa shape index (κ3) is 3.55. The molecule has 122 valence electrons. The molecule has 3 rings (SSSR count). The van der Waals surface area contributed by atoms with Crippen LogP contribution in [0.3, 0.4) is 0 Å². The quantitative estimate of drug-likeness (QED) is 0.847. The molecule has 1 aromatic heterocycles. The summed E-state index contributed by atoms with van der Waals surface area (Å²) in [5.74, 6) is -0.334. The Balaban J connectivity index is 1.76. The van der Waals surface area contributed by atoms with Gasteiger partial charge in [-0.1, -0.05) is 6.07 Å². The fraction of sp³-hybridized carbons (Fsp3) is 0.429. The molecule has 1 aromatic rings. The van der Waals surface area contributed by atoms with E-state index in [1.807, 2.05) is 0 Å². The molecule has 0 aliphatic carbocycles. The number of hydrazone groups is 1. The molecule has 3 heterocycles. The third-order valence-corrected chi connectivity index (χ3v) is 5.53. The molecule has 2 amide bonds. The van der Waals surface area contributed by atoms with Crippen molar-refractivity contribution in [3.8, 4) is 0 Å². The molecule has 1 fully saturated rings. The standard InChI is InChI=1S/C14H16N4O4S/c19-13-5-4-11(14(20)16-12-3-1-2-7-15-12)17-18(13)10-6-8-23(21,22)9-10/h1-3,7,10H,4-6,8-9H2,(H,15,16,20)/t10-/m0/s1. The fourth-order valence-corrected chi connectivity index (χ4v) is 4.31. The predicted octanol–water partition coefficient (Wildman–Crippen LogP) is 0.186. The highest BCUT2D eigenvalue weighted by atomic mass is 32.2. The first-order valence-electron chi connectivity index (χ1n) is 7.27. The monoisotopic (exact) mass is 336 g/mol. The molecular formula is C14H16N4O4S. The highest BCUT2D eigenvalue weighted by molar-refractivity contribution is 7.91. The summed E-state index contributed by atoms with van der Waals surface area (Å²) in [6.45, 7) is 0. The van der Waals surface area contributed by atoms with Gasteiger partial charge in [0.05, 0.1) is 17.5 Å². The molecule has 0 saturated carbocycles. The van der Waals surface area contributed by atoms with Gasteiger partial charge < -0.3 is 5.32 Å². The van der Waals surface area contributed by atoms with E-state index in [-0.39, 0.29) is 36.0 Å². The number of aromatic nitrogens is 1. The van der Waals surface area contributed by atoms with E-state index in [9.17, 15) is 18.0 Å². The molecule has 0 aromatic carbocycles. The minimum absolute atomic E-state index is 0.0480. The van der Waals surface area contributed by atoms with Crippen LogP contribution in [0.5, 0.6) is 0 Å². The smallest absolute Gasteiger partial charge is 0.273 e. The van der Waals surface area contributed by atoms with E-state index in [0.717, 1.165) is 0 Å². The summed E-state index contributed by atoms with van der Waals surface area (Å²) in [5, 5.41) is 7.89. The van der Waals surface area contributed by atoms with Crippen molar-refractivity contribution in [1.29, 1.82) is 0 Å². The molecule has 0 unspecified atom stereocenters. The van der Waals surface area contributed by atoms with Crippen LogP contribution in [-0.4, -0.2) is 53.5 Å². The van der Waals surface area contributed by atoms with Gasteiger partial charge in [-0.15, -0.1) is 0 Å². The van der Waals surface area contributed by atoms with E-state index in [0.29, 0.717) is 12.2 Å². The Bertz CT molecular complexity index is 760. The minimum atomic E-state index is -3.13. The first-order chi connectivity index (χ1) is 10.9. The van der Waals surface area contributed by atoms with E-state index < -0.39 is 21.8 Å². The molecule has 9 heteroatoms. The zero-order valence-electron chi connectivity index (χ0n) is 12.3. The van der Waals surface area contributed by atoms with Gasteiger partial charge >= 0.3 is 0 Å². The Morgan fingerprint density at radius 2 is 2.13 bits per heavy atom. The number of rotatable bonds is 3. The number of carbonyl (C=O) groups is 2. The second-order valence-corrected chi connectivity index (χ2v) is 7.74. The topological polar surface area (TPSA) is 109 Å². The molecule has 2 aliphatic heterocycles. The molecule has 1 N–H and O–H groups in total. The van der Waals surface area contributed by atoms with Gasteiger partial charge in [0.25, 0.3) is 5.91 Å². The lowest BCUT2D eigenvalue weighted by molar-refractivity contribution is -0.133. The Kier molecular flexibility index (Phi) is 4.12. The number of hydrogen-bond donors (Lipinski definition) is 1. The van der Waals surface area contributed by atoms with Crippen LogP contribution in [0, 0.1) is 0 Å². The van der Waals surface area contributed by atoms with E-state index >= 15 is 0 Å². The Labute approximate surface area is 133 Å². The fourth-order valence-electron chi connectivity index (χ4n) is 2.61. The molecule has 1 saturated heterocycles. The Morgan fingerprint density at radius 1 is 1.30 bits per heavy atom. The summed E-state index contributed by atoms with van der Waals surface area (Å²) >= 11 is 0. The molecule has 0 radical (unpaired) electrons. The highest BCUT2D eigenvalue weighted by Crippen LogP contribution is 2.22. The Hall–Kier alpha value is -2.29. The van der Waals surface area contributed by atoms with Crippen LogP contribution in [0.15, 0.2) is 29.5 Å². The minimum Gasteiger partial charge on any atom is -0.305 e.